The minimum Gasteiger partial charge on any atom is -0.507 e. The average molecular weight is 197 g/mol. The van der Waals surface area contributed by atoms with Crippen molar-refractivity contribution >= 4 is 0 Å². The number of nitrogens with two attached hydrogens (primary N) is 1. The van der Waals surface area contributed by atoms with Gasteiger partial charge in [-0.05, 0) is 18.6 Å². The smallest absolute Gasteiger partial charge is 0.125 e. The second kappa shape index (κ2) is 4.30. The highest BCUT2D eigenvalue weighted by Crippen LogP contribution is 2.33. The molecule has 0 aliphatic carbocycles. The normalized spacial score (nSPS) is 15.1. The minimum absolute atomic E-state index is 0.0989. The zero-order valence-corrected chi connectivity index (χ0v) is 8.01. The van der Waals surface area contributed by atoms with Crippen molar-refractivity contribution in [3.8, 4) is 11.5 Å². The minimum atomic E-state index is -1.04. The molecule has 0 bridgehead atoms. The third kappa shape index (κ3) is 1.97. The molecule has 0 radical (unpaired) electrons. The Bertz CT molecular complexity index is 294. The Kier molecular flexibility index (Phi) is 3.33. The number of phenols is 2. The van der Waals surface area contributed by atoms with Crippen LogP contribution >= 0.6 is 0 Å². The summed E-state index contributed by atoms with van der Waals surface area (Å²) in [7, 11) is 0. The molecule has 14 heavy (non-hydrogen) atoms. The Morgan fingerprint density at radius 3 is 2.21 bits per heavy atom. The van der Waals surface area contributed by atoms with Gasteiger partial charge in [-0.15, -0.1) is 0 Å². The fourth-order valence-corrected chi connectivity index (χ4v) is 1.28. The van der Waals surface area contributed by atoms with Crippen LogP contribution in [0.2, 0.25) is 0 Å². The van der Waals surface area contributed by atoms with E-state index in [4.69, 9.17) is 5.73 Å². The Balaban J connectivity index is 3.05. The molecule has 0 aromatic heterocycles. The van der Waals surface area contributed by atoms with E-state index in [1.54, 1.807) is 0 Å². The van der Waals surface area contributed by atoms with E-state index in [2.05, 4.69) is 0 Å². The van der Waals surface area contributed by atoms with Gasteiger partial charge in [0.25, 0.3) is 0 Å². The van der Waals surface area contributed by atoms with E-state index < -0.39 is 12.1 Å². The SMILES string of the molecule is CC[C@H](N)[C@H](O)c1c(O)cccc1O. The zero-order chi connectivity index (χ0) is 10.7. The van der Waals surface area contributed by atoms with Crippen LogP contribution in [0.5, 0.6) is 11.5 Å². The predicted molar refractivity (Wildman–Crippen MR) is 53.0 cm³/mol. The van der Waals surface area contributed by atoms with E-state index in [1.165, 1.54) is 18.2 Å². The van der Waals surface area contributed by atoms with E-state index in [0.29, 0.717) is 6.42 Å². The topological polar surface area (TPSA) is 86.7 Å². The lowest BCUT2D eigenvalue weighted by molar-refractivity contribution is 0.138. The summed E-state index contributed by atoms with van der Waals surface area (Å²) in [5.41, 5.74) is 5.71. The van der Waals surface area contributed by atoms with Crippen LogP contribution in [0.3, 0.4) is 0 Å². The summed E-state index contributed by atoms with van der Waals surface area (Å²) in [6, 6.07) is 3.81. The summed E-state index contributed by atoms with van der Waals surface area (Å²) in [5, 5.41) is 28.6. The molecule has 0 saturated carbocycles. The predicted octanol–water partition coefficient (Wildman–Crippen LogP) is 0.868. The van der Waals surface area contributed by atoms with Crippen molar-refractivity contribution in [3.05, 3.63) is 23.8 Å². The molecule has 0 unspecified atom stereocenters. The maximum absolute atomic E-state index is 9.71. The van der Waals surface area contributed by atoms with Gasteiger partial charge in [-0.25, -0.2) is 0 Å². The van der Waals surface area contributed by atoms with Gasteiger partial charge in [0.1, 0.15) is 17.6 Å². The monoisotopic (exact) mass is 197 g/mol. The highest BCUT2D eigenvalue weighted by molar-refractivity contribution is 5.44. The maximum atomic E-state index is 9.71. The van der Waals surface area contributed by atoms with E-state index >= 15 is 0 Å². The molecule has 1 aromatic rings. The first-order valence-electron chi connectivity index (χ1n) is 4.52. The van der Waals surface area contributed by atoms with Crippen molar-refractivity contribution < 1.29 is 15.3 Å². The molecule has 0 fully saturated rings. The molecule has 1 rings (SSSR count). The molecular weight excluding hydrogens is 182 g/mol. The highest BCUT2D eigenvalue weighted by atomic mass is 16.3. The van der Waals surface area contributed by atoms with Crippen LogP contribution in [0.15, 0.2) is 18.2 Å². The number of aromatic hydroxyl groups is 2. The molecule has 0 aliphatic rings. The summed E-state index contributed by atoms with van der Waals surface area (Å²) in [4.78, 5) is 0. The number of rotatable bonds is 3. The van der Waals surface area contributed by atoms with E-state index in [1.807, 2.05) is 6.92 Å². The number of aliphatic hydroxyl groups is 1. The van der Waals surface area contributed by atoms with Gasteiger partial charge >= 0.3 is 0 Å². The lowest BCUT2D eigenvalue weighted by Gasteiger charge is -2.19. The van der Waals surface area contributed by atoms with Crippen molar-refractivity contribution in [2.24, 2.45) is 5.73 Å². The van der Waals surface area contributed by atoms with E-state index in [9.17, 15) is 15.3 Å². The van der Waals surface area contributed by atoms with Crippen LogP contribution < -0.4 is 5.73 Å². The first kappa shape index (κ1) is 10.8. The van der Waals surface area contributed by atoms with E-state index in [-0.39, 0.29) is 17.1 Å². The molecule has 4 nitrogen and oxygen atoms in total. The van der Waals surface area contributed by atoms with Gasteiger partial charge in [-0.2, -0.15) is 0 Å². The molecule has 0 saturated heterocycles. The van der Waals surface area contributed by atoms with Crippen molar-refractivity contribution in [2.75, 3.05) is 0 Å². The number of phenolic OH excluding ortho intramolecular Hbond substituents is 2. The zero-order valence-electron chi connectivity index (χ0n) is 8.01. The Labute approximate surface area is 82.6 Å². The molecule has 0 heterocycles. The molecule has 1 aromatic carbocycles. The molecule has 0 spiro atoms. The summed E-state index contributed by atoms with van der Waals surface area (Å²) in [6.07, 6.45) is -0.476. The lowest BCUT2D eigenvalue weighted by atomic mass is 9.99. The number of benzene rings is 1. The number of hydrogen-bond acceptors (Lipinski definition) is 4. The molecule has 5 N–H and O–H groups in total. The largest absolute Gasteiger partial charge is 0.507 e. The highest BCUT2D eigenvalue weighted by Gasteiger charge is 2.21. The first-order valence-corrected chi connectivity index (χ1v) is 4.52. The van der Waals surface area contributed by atoms with Crippen LogP contribution in [-0.4, -0.2) is 21.4 Å². The summed E-state index contributed by atoms with van der Waals surface area (Å²) >= 11 is 0. The molecule has 2 atom stereocenters. The number of aliphatic hydroxyl groups excluding tert-OH is 1. The molecule has 4 heteroatoms. The van der Waals surface area contributed by atoms with Crippen molar-refractivity contribution in [3.63, 3.8) is 0 Å². The van der Waals surface area contributed by atoms with Gasteiger partial charge in [0.2, 0.25) is 0 Å². The molecule has 78 valence electrons. The second-order valence-electron chi connectivity index (χ2n) is 3.23. The third-order valence-electron chi connectivity index (χ3n) is 2.23. The van der Waals surface area contributed by atoms with Crippen LogP contribution in [0.4, 0.5) is 0 Å². The van der Waals surface area contributed by atoms with Gasteiger partial charge in [0.15, 0.2) is 0 Å². The Morgan fingerprint density at radius 1 is 1.29 bits per heavy atom. The molecular formula is C10H15NO3. The average Bonchev–Trinajstić information content (AvgIpc) is 2.16. The second-order valence-corrected chi connectivity index (χ2v) is 3.23. The van der Waals surface area contributed by atoms with E-state index in [0.717, 1.165) is 0 Å². The van der Waals surface area contributed by atoms with Crippen LogP contribution in [-0.2, 0) is 0 Å². The molecule has 0 aliphatic heterocycles. The van der Waals surface area contributed by atoms with Crippen LogP contribution in [0, 0.1) is 0 Å². The van der Waals surface area contributed by atoms with Crippen molar-refractivity contribution in [1.29, 1.82) is 0 Å². The third-order valence-corrected chi connectivity index (χ3v) is 2.23. The standard InChI is InChI=1S/C10H15NO3/c1-2-6(11)10(14)9-7(12)4-3-5-8(9)13/h3-6,10,12-14H,2,11H2,1H3/t6-,10-/m0/s1. The summed E-state index contributed by atoms with van der Waals surface area (Å²) in [6.45, 7) is 1.82. The maximum Gasteiger partial charge on any atom is 0.125 e. The Hall–Kier alpha value is -1.26. The van der Waals surface area contributed by atoms with Crippen LogP contribution in [0.25, 0.3) is 0 Å². The van der Waals surface area contributed by atoms with Crippen LogP contribution in [0.1, 0.15) is 25.0 Å². The summed E-state index contributed by atoms with van der Waals surface area (Å²) in [5.74, 6) is -0.275. The first-order chi connectivity index (χ1) is 6.57. The van der Waals surface area contributed by atoms with Crippen molar-refractivity contribution in [2.45, 2.75) is 25.5 Å². The van der Waals surface area contributed by atoms with Gasteiger partial charge < -0.3 is 21.1 Å². The fourth-order valence-electron chi connectivity index (χ4n) is 1.28. The van der Waals surface area contributed by atoms with Gasteiger partial charge in [0, 0.05) is 6.04 Å². The quantitative estimate of drug-likeness (QED) is 0.579. The molecule has 0 amide bonds. The van der Waals surface area contributed by atoms with Gasteiger partial charge in [-0.1, -0.05) is 13.0 Å². The lowest BCUT2D eigenvalue weighted by Crippen LogP contribution is -2.27. The summed E-state index contributed by atoms with van der Waals surface area (Å²) < 4.78 is 0. The number of hydrogen-bond donors (Lipinski definition) is 4. The van der Waals surface area contributed by atoms with Gasteiger partial charge in [0.05, 0.1) is 5.56 Å². The fraction of sp³-hybridized carbons (Fsp3) is 0.400. The Morgan fingerprint density at radius 2 is 1.79 bits per heavy atom. The van der Waals surface area contributed by atoms with Crippen molar-refractivity contribution in [1.82, 2.24) is 0 Å². The van der Waals surface area contributed by atoms with Gasteiger partial charge in [-0.3, -0.25) is 0 Å².